The highest BCUT2D eigenvalue weighted by molar-refractivity contribution is 5.67. The van der Waals surface area contributed by atoms with Gasteiger partial charge in [-0.15, -0.1) is 0 Å². The zero-order chi connectivity index (χ0) is 18.2. The van der Waals surface area contributed by atoms with Crippen molar-refractivity contribution < 1.29 is 18.3 Å². The number of hydrogen-bond donors (Lipinski definition) is 1. The first-order valence-corrected chi connectivity index (χ1v) is 7.74. The Bertz CT molecular complexity index is 894. The Balaban J connectivity index is 2.20. The minimum atomic E-state index is -4.52. The van der Waals surface area contributed by atoms with Crippen LogP contribution in [0, 0.1) is 13.8 Å². The van der Waals surface area contributed by atoms with Crippen molar-refractivity contribution in [3.63, 3.8) is 0 Å². The molecule has 0 aliphatic heterocycles. The van der Waals surface area contributed by atoms with E-state index in [1.165, 1.54) is 18.3 Å². The minimum Gasteiger partial charge on any atom is -0.392 e. The van der Waals surface area contributed by atoms with Crippen LogP contribution in [0.25, 0.3) is 16.9 Å². The van der Waals surface area contributed by atoms with Gasteiger partial charge in [0.1, 0.15) is 0 Å². The molecule has 3 nitrogen and oxygen atoms in total. The largest absolute Gasteiger partial charge is 0.417 e. The summed E-state index contributed by atoms with van der Waals surface area (Å²) in [5.41, 5.74) is 2.12. The smallest absolute Gasteiger partial charge is 0.392 e. The fourth-order valence-corrected chi connectivity index (χ4v) is 2.92. The molecule has 0 saturated heterocycles. The lowest BCUT2D eigenvalue weighted by molar-refractivity contribution is -0.137. The number of aliphatic hydroxyl groups excluding tert-OH is 1. The van der Waals surface area contributed by atoms with Gasteiger partial charge < -0.3 is 9.67 Å². The van der Waals surface area contributed by atoms with E-state index >= 15 is 0 Å². The van der Waals surface area contributed by atoms with E-state index in [4.69, 9.17) is 0 Å². The molecule has 0 fully saturated rings. The normalized spacial score (nSPS) is 11.8. The fourth-order valence-electron chi connectivity index (χ4n) is 2.92. The van der Waals surface area contributed by atoms with Crippen LogP contribution in [0.3, 0.4) is 0 Å². The van der Waals surface area contributed by atoms with E-state index in [9.17, 15) is 18.3 Å². The monoisotopic (exact) mass is 346 g/mol. The third-order valence-electron chi connectivity index (χ3n) is 4.12. The molecule has 0 aliphatic carbocycles. The molecule has 0 saturated carbocycles. The van der Waals surface area contributed by atoms with Crippen LogP contribution in [0.5, 0.6) is 0 Å². The molecular formula is C19H17F3N2O. The van der Waals surface area contributed by atoms with Crippen molar-refractivity contribution in [2.45, 2.75) is 26.6 Å². The summed E-state index contributed by atoms with van der Waals surface area (Å²) >= 11 is 0. The first kappa shape index (κ1) is 17.2. The SMILES string of the molecule is Cc1ccc(C)n1-c1ccc(-c2cc(CO)ccn2)c(C(F)(F)F)c1. The van der Waals surface area contributed by atoms with Gasteiger partial charge in [0.15, 0.2) is 0 Å². The molecular weight excluding hydrogens is 329 g/mol. The van der Waals surface area contributed by atoms with Crippen molar-refractivity contribution in [3.8, 4) is 16.9 Å². The molecule has 0 unspecified atom stereocenters. The van der Waals surface area contributed by atoms with Crippen LogP contribution in [0.2, 0.25) is 0 Å². The first-order chi connectivity index (χ1) is 11.8. The number of aromatic nitrogens is 2. The van der Waals surface area contributed by atoms with Gasteiger partial charge in [-0.3, -0.25) is 4.98 Å². The highest BCUT2D eigenvalue weighted by Crippen LogP contribution is 2.38. The summed E-state index contributed by atoms with van der Waals surface area (Å²) in [5, 5.41) is 9.21. The number of aliphatic hydroxyl groups is 1. The van der Waals surface area contributed by atoms with E-state index in [2.05, 4.69) is 4.98 Å². The molecule has 2 aromatic heterocycles. The van der Waals surface area contributed by atoms with E-state index in [1.54, 1.807) is 16.7 Å². The number of pyridine rings is 1. The van der Waals surface area contributed by atoms with Gasteiger partial charge in [-0.05, 0) is 55.8 Å². The maximum absolute atomic E-state index is 13.7. The highest BCUT2D eigenvalue weighted by Gasteiger charge is 2.34. The van der Waals surface area contributed by atoms with Gasteiger partial charge in [0, 0.05) is 28.8 Å². The molecule has 0 atom stereocenters. The average Bonchev–Trinajstić information content (AvgIpc) is 2.92. The van der Waals surface area contributed by atoms with Gasteiger partial charge in [-0.25, -0.2) is 0 Å². The average molecular weight is 346 g/mol. The number of aryl methyl sites for hydroxylation is 2. The minimum absolute atomic E-state index is 0.00554. The van der Waals surface area contributed by atoms with Gasteiger partial charge in [-0.1, -0.05) is 6.07 Å². The van der Waals surface area contributed by atoms with Crippen LogP contribution in [-0.2, 0) is 12.8 Å². The quantitative estimate of drug-likeness (QED) is 0.748. The Morgan fingerprint density at radius 1 is 1.00 bits per heavy atom. The van der Waals surface area contributed by atoms with Gasteiger partial charge in [0.05, 0.1) is 17.9 Å². The van der Waals surface area contributed by atoms with Crippen molar-refractivity contribution in [1.82, 2.24) is 9.55 Å². The molecule has 0 aliphatic rings. The lowest BCUT2D eigenvalue weighted by atomic mass is 10.0. The summed E-state index contributed by atoms with van der Waals surface area (Å²) in [6, 6.07) is 11.0. The summed E-state index contributed by atoms with van der Waals surface area (Å²) in [4.78, 5) is 4.04. The van der Waals surface area contributed by atoms with Crippen molar-refractivity contribution in [3.05, 3.63) is 71.2 Å². The molecule has 3 rings (SSSR count). The number of nitrogens with zero attached hydrogens (tertiary/aromatic N) is 2. The zero-order valence-electron chi connectivity index (χ0n) is 13.8. The molecule has 0 bridgehead atoms. The summed E-state index contributed by atoms with van der Waals surface area (Å²) in [7, 11) is 0. The molecule has 0 amide bonds. The number of halogens is 3. The number of rotatable bonds is 3. The summed E-state index contributed by atoms with van der Waals surface area (Å²) < 4.78 is 42.7. The lowest BCUT2D eigenvalue weighted by Gasteiger charge is -2.17. The Labute approximate surface area is 143 Å². The highest BCUT2D eigenvalue weighted by atomic mass is 19.4. The lowest BCUT2D eigenvalue weighted by Crippen LogP contribution is -2.10. The summed E-state index contributed by atoms with van der Waals surface area (Å²) in [6.45, 7) is 3.44. The molecule has 0 spiro atoms. The molecule has 130 valence electrons. The Hall–Kier alpha value is -2.60. The third-order valence-corrected chi connectivity index (χ3v) is 4.12. The second-order valence-electron chi connectivity index (χ2n) is 5.89. The number of alkyl halides is 3. The van der Waals surface area contributed by atoms with Crippen LogP contribution in [0.15, 0.2) is 48.7 Å². The van der Waals surface area contributed by atoms with Crippen LogP contribution >= 0.6 is 0 Å². The second-order valence-corrected chi connectivity index (χ2v) is 5.89. The van der Waals surface area contributed by atoms with E-state index in [-0.39, 0.29) is 17.9 Å². The molecule has 1 N–H and O–H groups in total. The maximum Gasteiger partial charge on any atom is 0.417 e. The Morgan fingerprint density at radius 3 is 2.28 bits per heavy atom. The van der Waals surface area contributed by atoms with Crippen molar-refractivity contribution in [1.29, 1.82) is 0 Å². The van der Waals surface area contributed by atoms with Crippen molar-refractivity contribution in [2.75, 3.05) is 0 Å². The molecule has 6 heteroatoms. The number of hydrogen-bond acceptors (Lipinski definition) is 2. The topological polar surface area (TPSA) is 38.0 Å². The van der Waals surface area contributed by atoms with Gasteiger partial charge in [0.25, 0.3) is 0 Å². The maximum atomic E-state index is 13.7. The van der Waals surface area contributed by atoms with E-state index in [0.29, 0.717) is 11.3 Å². The standard InChI is InChI=1S/C19H17F3N2O/c1-12-3-4-13(2)24(12)15-5-6-16(17(10-15)19(20,21)22)18-9-14(11-25)7-8-23-18/h3-10,25H,11H2,1-2H3. The van der Waals surface area contributed by atoms with Crippen LogP contribution in [0.1, 0.15) is 22.5 Å². The van der Waals surface area contributed by atoms with Crippen molar-refractivity contribution >= 4 is 0 Å². The number of benzene rings is 1. The van der Waals surface area contributed by atoms with E-state index < -0.39 is 11.7 Å². The van der Waals surface area contributed by atoms with E-state index in [0.717, 1.165) is 17.5 Å². The molecule has 2 heterocycles. The summed E-state index contributed by atoms with van der Waals surface area (Å²) in [5.74, 6) is 0. The van der Waals surface area contributed by atoms with Crippen LogP contribution < -0.4 is 0 Å². The Morgan fingerprint density at radius 2 is 1.68 bits per heavy atom. The zero-order valence-corrected chi connectivity index (χ0v) is 13.8. The van der Waals surface area contributed by atoms with E-state index in [1.807, 2.05) is 26.0 Å². The van der Waals surface area contributed by atoms with Gasteiger partial charge in [0.2, 0.25) is 0 Å². The van der Waals surface area contributed by atoms with Crippen LogP contribution in [0.4, 0.5) is 13.2 Å². The fraction of sp³-hybridized carbons (Fsp3) is 0.211. The predicted octanol–water partition coefficient (Wildman–Crippen LogP) is 4.67. The first-order valence-electron chi connectivity index (χ1n) is 7.74. The van der Waals surface area contributed by atoms with Gasteiger partial charge in [-0.2, -0.15) is 13.2 Å². The molecule has 3 aromatic rings. The second kappa shape index (κ2) is 6.37. The molecule has 0 radical (unpaired) electrons. The molecule has 1 aromatic carbocycles. The Kier molecular flexibility index (Phi) is 4.39. The van der Waals surface area contributed by atoms with Gasteiger partial charge >= 0.3 is 6.18 Å². The predicted molar refractivity (Wildman–Crippen MR) is 89.4 cm³/mol. The summed E-state index contributed by atoms with van der Waals surface area (Å²) in [6.07, 6.45) is -3.12. The van der Waals surface area contributed by atoms with Crippen molar-refractivity contribution in [2.24, 2.45) is 0 Å². The molecule has 25 heavy (non-hydrogen) atoms. The third kappa shape index (κ3) is 3.30. The van der Waals surface area contributed by atoms with Crippen LogP contribution in [-0.4, -0.2) is 14.7 Å².